The fourth-order valence-corrected chi connectivity index (χ4v) is 6.49. The Bertz CT molecular complexity index is 1550. The predicted molar refractivity (Wildman–Crippen MR) is 156 cm³/mol. The van der Waals surface area contributed by atoms with E-state index in [2.05, 4.69) is 25.0 Å². The van der Waals surface area contributed by atoms with Crippen molar-refractivity contribution >= 4 is 11.7 Å². The molecule has 4 aromatic rings. The van der Waals surface area contributed by atoms with Crippen molar-refractivity contribution in [1.29, 1.82) is 0 Å². The van der Waals surface area contributed by atoms with Gasteiger partial charge < -0.3 is 19.4 Å². The smallest absolute Gasteiger partial charge is 0.424 e. The Morgan fingerprint density at radius 1 is 0.867 bits per heavy atom. The van der Waals surface area contributed by atoms with Crippen molar-refractivity contribution in [2.45, 2.75) is 63.5 Å². The molecule has 0 unspecified atom stereocenters. The molecule has 1 N–H and O–H groups in total. The monoisotopic (exact) mass is 633 g/mol. The van der Waals surface area contributed by atoms with E-state index in [1.54, 1.807) is 18.3 Å². The lowest BCUT2D eigenvalue weighted by Crippen LogP contribution is -2.39. The highest BCUT2D eigenvalue weighted by Gasteiger charge is 2.34. The lowest BCUT2D eigenvalue weighted by molar-refractivity contribution is -0.274. The first-order chi connectivity index (χ1) is 21.5. The molecule has 6 rings (SSSR count). The molecular weight excluding hydrogens is 600 g/mol. The van der Waals surface area contributed by atoms with E-state index in [-0.39, 0.29) is 11.8 Å². The SMILES string of the molecule is FC(F)(F)Oc1ccc(-c2cnc(N[C@@H]3CCCC[C@H]3C[C@H]3CCCN(c4ccc(-n5ccc(C(F)(F)F)n5)cc4)C3)o2)cc1. The first-order valence-corrected chi connectivity index (χ1v) is 15.1. The molecule has 7 nitrogen and oxygen atoms in total. The summed E-state index contributed by atoms with van der Waals surface area (Å²) in [5, 5.41) is 7.15. The predicted octanol–water partition coefficient (Wildman–Crippen LogP) is 8.72. The Morgan fingerprint density at radius 2 is 1.60 bits per heavy atom. The molecule has 1 saturated carbocycles. The number of oxazole rings is 1. The highest BCUT2D eigenvalue weighted by Crippen LogP contribution is 2.36. The zero-order valence-electron chi connectivity index (χ0n) is 24.3. The summed E-state index contributed by atoms with van der Waals surface area (Å²) >= 11 is 0. The van der Waals surface area contributed by atoms with E-state index in [0.717, 1.165) is 69.8 Å². The summed E-state index contributed by atoms with van der Waals surface area (Å²) in [7, 11) is 0. The van der Waals surface area contributed by atoms with E-state index in [0.29, 0.717) is 34.9 Å². The fraction of sp³-hybridized carbons (Fsp3) is 0.438. The van der Waals surface area contributed by atoms with Gasteiger partial charge in [0.05, 0.1) is 11.9 Å². The topological polar surface area (TPSA) is 68.3 Å². The van der Waals surface area contributed by atoms with Gasteiger partial charge in [-0.2, -0.15) is 18.3 Å². The lowest BCUT2D eigenvalue weighted by atomic mass is 9.77. The molecule has 0 bridgehead atoms. The summed E-state index contributed by atoms with van der Waals surface area (Å²) in [5.74, 6) is 1.07. The number of nitrogens with one attached hydrogen (secondary N) is 1. The quantitative estimate of drug-likeness (QED) is 0.196. The van der Waals surface area contributed by atoms with Gasteiger partial charge in [0.1, 0.15) is 5.75 Å². The third-order valence-corrected chi connectivity index (χ3v) is 8.61. The molecule has 2 aromatic carbocycles. The summed E-state index contributed by atoms with van der Waals surface area (Å²) in [5.41, 5.74) is 1.28. The van der Waals surface area contributed by atoms with Crippen LogP contribution >= 0.6 is 0 Å². The molecule has 1 saturated heterocycles. The van der Waals surface area contributed by atoms with Crippen LogP contribution in [0.3, 0.4) is 0 Å². The third-order valence-electron chi connectivity index (χ3n) is 8.61. The molecule has 1 aliphatic carbocycles. The summed E-state index contributed by atoms with van der Waals surface area (Å²) < 4.78 is 87.4. The number of anilines is 2. The van der Waals surface area contributed by atoms with Gasteiger partial charge in [0, 0.05) is 36.6 Å². The van der Waals surface area contributed by atoms with Crippen molar-refractivity contribution in [2.75, 3.05) is 23.3 Å². The van der Waals surface area contributed by atoms with Crippen LogP contribution in [0.2, 0.25) is 0 Å². The van der Waals surface area contributed by atoms with Crippen molar-refractivity contribution in [3.05, 3.63) is 72.7 Å². The summed E-state index contributed by atoms with van der Waals surface area (Å²) in [6.45, 7) is 1.82. The maximum atomic E-state index is 13.0. The zero-order chi connectivity index (χ0) is 31.6. The van der Waals surface area contributed by atoms with Gasteiger partial charge in [0.25, 0.3) is 6.01 Å². The Kier molecular flexibility index (Phi) is 8.69. The second kappa shape index (κ2) is 12.7. The largest absolute Gasteiger partial charge is 0.573 e. The lowest BCUT2D eigenvalue weighted by Gasteiger charge is -2.39. The highest BCUT2D eigenvalue weighted by molar-refractivity contribution is 5.58. The van der Waals surface area contributed by atoms with Crippen LogP contribution in [0.25, 0.3) is 17.0 Å². The number of nitrogens with zero attached hydrogens (tertiary/aromatic N) is 4. The Labute approximate surface area is 256 Å². The van der Waals surface area contributed by atoms with E-state index in [1.807, 2.05) is 12.1 Å². The highest BCUT2D eigenvalue weighted by atomic mass is 19.4. The molecule has 0 amide bonds. The number of hydrogen-bond acceptors (Lipinski definition) is 6. The van der Waals surface area contributed by atoms with Gasteiger partial charge in [-0.25, -0.2) is 9.67 Å². The van der Waals surface area contributed by atoms with Crippen LogP contribution in [0.4, 0.5) is 38.0 Å². The van der Waals surface area contributed by atoms with Crippen LogP contribution in [0.1, 0.15) is 50.6 Å². The standard InChI is InChI=1S/C32H33F6N5O2/c33-31(34,35)29-15-17-43(41-29)25-11-9-24(10-12-25)42-16-3-4-21(20-42)18-23-5-1-2-6-27(23)40-30-39-19-28(44-30)22-7-13-26(14-8-22)45-32(36,37)38/h7-15,17,19,21,23,27H,1-6,16,18,20H2,(H,39,40)/t21-,23+,27-/m1/s1. The van der Waals surface area contributed by atoms with E-state index in [4.69, 9.17) is 4.42 Å². The van der Waals surface area contributed by atoms with Crippen LogP contribution in [0.15, 0.2) is 71.4 Å². The van der Waals surface area contributed by atoms with E-state index < -0.39 is 18.2 Å². The third kappa shape index (κ3) is 7.74. The van der Waals surface area contributed by atoms with Crippen molar-refractivity contribution in [2.24, 2.45) is 11.8 Å². The normalized spacial score (nSPS) is 21.1. The molecule has 2 aliphatic rings. The van der Waals surface area contributed by atoms with Gasteiger partial charge in [-0.3, -0.25) is 0 Å². The van der Waals surface area contributed by atoms with Crippen LogP contribution in [-0.4, -0.2) is 40.3 Å². The van der Waals surface area contributed by atoms with E-state index in [9.17, 15) is 26.3 Å². The van der Waals surface area contributed by atoms with E-state index >= 15 is 0 Å². The van der Waals surface area contributed by atoms with Gasteiger partial charge in [-0.15, -0.1) is 13.2 Å². The number of aromatic nitrogens is 3. The van der Waals surface area contributed by atoms with Gasteiger partial charge in [0.15, 0.2) is 11.5 Å². The molecule has 240 valence electrons. The molecule has 0 radical (unpaired) electrons. The summed E-state index contributed by atoms with van der Waals surface area (Å²) in [6.07, 6.45) is 1.24. The Hall–Kier alpha value is -4.16. The minimum Gasteiger partial charge on any atom is -0.424 e. The van der Waals surface area contributed by atoms with Gasteiger partial charge in [-0.05, 0) is 98.5 Å². The van der Waals surface area contributed by atoms with Crippen LogP contribution in [-0.2, 0) is 6.18 Å². The summed E-state index contributed by atoms with van der Waals surface area (Å²) in [4.78, 5) is 6.73. The van der Waals surface area contributed by atoms with Crippen molar-refractivity contribution in [1.82, 2.24) is 14.8 Å². The van der Waals surface area contributed by atoms with Crippen LogP contribution in [0, 0.1) is 11.8 Å². The first kappa shape index (κ1) is 30.8. The average Bonchev–Trinajstić information content (AvgIpc) is 3.69. The molecular formula is C32H33F6N5O2. The zero-order valence-corrected chi connectivity index (χ0v) is 24.3. The van der Waals surface area contributed by atoms with Crippen molar-refractivity contribution in [3.8, 4) is 22.8 Å². The fourth-order valence-electron chi connectivity index (χ4n) is 6.49. The maximum Gasteiger partial charge on any atom is 0.573 e. The Balaban J connectivity index is 1.05. The van der Waals surface area contributed by atoms with Gasteiger partial charge in [0.2, 0.25) is 0 Å². The van der Waals surface area contributed by atoms with Crippen molar-refractivity contribution in [3.63, 3.8) is 0 Å². The summed E-state index contributed by atoms with van der Waals surface area (Å²) in [6, 6.07) is 14.5. The molecule has 2 fully saturated rings. The number of alkyl halides is 6. The minimum absolute atomic E-state index is 0.193. The number of ether oxygens (including phenoxy) is 1. The molecule has 13 heteroatoms. The molecule has 3 atom stereocenters. The minimum atomic E-state index is -4.75. The van der Waals surface area contributed by atoms with Crippen LogP contribution in [0.5, 0.6) is 5.75 Å². The second-order valence-electron chi connectivity index (χ2n) is 11.7. The van der Waals surface area contributed by atoms with E-state index in [1.165, 1.54) is 35.1 Å². The van der Waals surface area contributed by atoms with Gasteiger partial charge >= 0.3 is 12.5 Å². The maximum absolute atomic E-state index is 13.0. The number of hydrogen-bond donors (Lipinski definition) is 1. The van der Waals surface area contributed by atoms with Crippen molar-refractivity contribution < 1.29 is 35.5 Å². The first-order valence-electron chi connectivity index (χ1n) is 15.1. The average molecular weight is 634 g/mol. The molecule has 1 aliphatic heterocycles. The molecule has 45 heavy (non-hydrogen) atoms. The number of halogens is 6. The second-order valence-corrected chi connectivity index (χ2v) is 11.7. The molecule has 2 aromatic heterocycles. The number of piperidine rings is 1. The number of benzene rings is 2. The number of rotatable bonds is 8. The van der Waals surface area contributed by atoms with Gasteiger partial charge in [-0.1, -0.05) is 12.8 Å². The van der Waals surface area contributed by atoms with Crippen LogP contribution < -0.4 is 15.0 Å². The Morgan fingerprint density at radius 3 is 2.31 bits per heavy atom. The molecule has 0 spiro atoms. The molecule has 3 heterocycles.